The lowest BCUT2D eigenvalue weighted by Crippen LogP contribution is -2.10. The highest BCUT2D eigenvalue weighted by Crippen LogP contribution is 2.48. The Hall–Kier alpha value is -6.94. The van der Waals surface area contributed by atoms with Crippen molar-refractivity contribution in [3.63, 3.8) is 0 Å². The molecule has 9 aromatic carbocycles. The van der Waals surface area contributed by atoms with Crippen molar-refractivity contribution in [3.8, 4) is 27.9 Å². The number of benzene rings is 9. The van der Waals surface area contributed by atoms with Crippen molar-refractivity contribution < 1.29 is 0 Å². The molecule has 0 unspecified atom stereocenters. The number of aromatic nitrogens is 1. The van der Waals surface area contributed by atoms with Crippen LogP contribution >= 0.6 is 11.3 Å². The zero-order valence-corrected chi connectivity index (χ0v) is 30.7. The summed E-state index contributed by atoms with van der Waals surface area (Å²) in [5, 5.41) is 7.53. The van der Waals surface area contributed by atoms with Crippen molar-refractivity contribution in [2.24, 2.45) is 0 Å². The summed E-state index contributed by atoms with van der Waals surface area (Å²) >= 11 is 1.87. The first-order valence-electron chi connectivity index (χ1n) is 18.8. The van der Waals surface area contributed by atoms with E-state index >= 15 is 0 Å². The molecule has 0 amide bonds. The summed E-state index contributed by atoms with van der Waals surface area (Å²) in [6, 6.07) is 75.3. The fourth-order valence-electron chi connectivity index (χ4n) is 8.46. The van der Waals surface area contributed by atoms with Crippen molar-refractivity contribution >= 4 is 81.1 Å². The van der Waals surface area contributed by atoms with E-state index in [0.29, 0.717) is 0 Å². The van der Waals surface area contributed by atoms with Crippen molar-refractivity contribution in [1.82, 2.24) is 4.57 Å². The molecule has 3 heteroatoms. The van der Waals surface area contributed by atoms with E-state index in [1.807, 2.05) is 11.3 Å². The van der Waals surface area contributed by atoms with E-state index in [4.69, 9.17) is 0 Å². The Bertz CT molecular complexity index is 3200. The number of thiophene rings is 1. The molecule has 0 radical (unpaired) electrons. The van der Waals surface area contributed by atoms with Crippen molar-refractivity contribution in [2.75, 3.05) is 4.90 Å². The van der Waals surface area contributed by atoms with Gasteiger partial charge in [0.15, 0.2) is 0 Å². The van der Waals surface area contributed by atoms with E-state index in [1.54, 1.807) is 0 Å². The second-order valence-corrected chi connectivity index (χ2v) is 15.2. The lowest BCUT2D eigenvalue weighted by molar-refractivity contribution is 1.18. The maximum atomic E-state index is 2.49. The van der Waals surface area contributed by atoms with E-state index in [0.717, 1.165) is 22.7 Å². The maximum Gasteiger partial charge on any atom is 0.0554 e. The van der Waals surface area contributed by atoms with Crippen molar-refractivity contribution in [1.29, 1.82) is 0 Å². The summed E-state index contributed by atoms with van der Waals surface area (Å²) in [4.78, 5) is 2.49. The quantitative estimate of drug-likeness (QED) is 0.166. The standard InChI is InChI=1S/C52H34N2S/c1-4-15-35(16-5-1)42-29-27-40(33-44(42)36-17-6-2-7-18-36)53(49-25-14-26-50-52(49)46-31-37-19-10-11-20-38(37)32-51(46)55-50)41-28-30-48-45(34-41)43-23-12-13-24-47(43)54(48)39-21-8-3-9-22-39/h1-34H. The molecule has 2 nitrogen and oxygen atoms in total. The Kier molecular flexibility index (Phi) is 7.39. The molecule has 11 rings (SSSR count). The maximum absolute atomic E-state index is 2.49. The van der Waals surface area contributed by atoms with Gasteiger partial charge in [-0.3, -0.25) is 0 Å². The first-order valence-corrected chi connectivity index (χ1v) is 19.6. The fourth-order valence-corrected chi connectivity index (χ4v) is 9.62. The van der Waals surface area contributed by atoms with Gasteiger partial charge in [0.05, 0.1) is 16.7 Å². The fraction of sp³-hybridized carbons (Fsp3) is 0. The normalized spacial score (nSPS) is 11.6. The molecule has 0 fully saturated rings. The molecule has 258 valence electrons. The average molecular weight is 719 g/mol. The van der Waals surface area contributed by atoms with Gasteiger partial charge in [-0.05, 0) is 106 Å². The largest absolute Gasteiger partial charge is 0.310 e. The molecule has 0 saturated heterocycles. The molecule has 55 heavy (non-hydrogen) atoms. The number of hydrogen-bond donors (Lipinski definition) is 0. The van der Waals surface area contributed by atoms with Gasteiger partial charge in [-0.15, -0.1) is 11.3 Å². The third-order valence-electron chi connectivity index (χ3n) is 10.9. The molecular formula is C52H34N2S. The van der Waals surface area contributed by atoms with Gasteiger partial charge in [-0.25, -0.2) is 0 Å². The second kappa shape index (κ2) is 12.9. The molecular weight excluding hydrogens is 685 g/mol. The van der Waals surface area contributed by atoms with Crippen LogP contribution in [0.2, 0.25) is 0 Å². The van der Waals surface area contributed by atoms with Crippen LogP contribution < -0.4 is 4.90 Å². The van der Waals surface area contributed by atoms with Crippen molar-refractivity contribution in [3.05, 3.63) is 206 Å². The lowest BCUT2D eigenvalue weighted by Gasteiger charge is -2.28. The number of hydrogen-bond acceptors (Lipinski definition) is 2. The highest BCUT2D eigenvalue weighted by molar-refractivity contribution is 7.26. The van der Waals surface area contributed by atoms with E-state index in [2.05, 4.69) is 216 Å². The number of nitrogens with zero attached hydrogens (tertiary/aromatic N) is 2. The third-order valence-corrected chi connectivity index (χ3v) is 12.1. The minimum atomic E-state index is 1.11. The molecule has 11 aromatic rings. The van der Waals surface area contributed by atoms with Crippen LogP contribution in [0.1, 0.15) is 0 Å². The van der Waals surface area contributed by atoms with Gasteiger partial charge in [0.2, 0.25) is 0 Å². The van der Waals surface area contributed by atoms with Gasteiger partial charge in [0.1, 0.15) is 0 Å². The SMILES string of the molecule is c1ccc(-c2ccc(N(c3ccc4c(c3)c3ccccc3n4-c3ccccc3)c3cccc4sc5cc6ccccc6cc5c34)cc2-c2ccccc2)cc1. The van der Waals surface area contributed by atoms with Gasteiger partial charge in [-0.2, -0.15) is 0 Å². The second-order valence-electron chi connectivity index (χ2n) is 14.1. The van der Waals surface area contributed by atoms with Crippen molar-refractivity contribution in [2.45, 2.75) is 0 Å². The predicted molar refractivity (Wildman–Crippen MR) is 237 cm³/mol. The summed E-state index contributed by atoms with van der Waals surface area (Å²) < 4.78 is 4.96. The summed E-state index contributed by atoms with van der Waals surface area (Å²) in [6.07, 6.45) is 0. The number of rotatable bonds is 6. The van der Waals surface area contributed by atoms with E-state index in [-0.39, 0.29) is 0 Å². The Labute approximate surface area is 323 Å². The Morgan fingerprint density at radius 2 is 1.00 bits per heavy atom. The van der Waals surface area contributed by atoms with Gasteiger partial charge in [0.25, 0.3) is 0 Å². The summed E-state index contributed by atoms with van der Waals surface area (Å²) in [7, 11) is 0. The van der Waals surface area contributed by atoms with Crippen LogP contribution in [0.5, 0.6) is 0 Å². The molecule has 0 atom stereocenters. The molecule has 0 aliphatic carbocycles. The average Bonchev–Trinajstić information content (AvgIpc) is 3.79. The zero-order valence-electron chi connectivity index (χ0n) is 29.9. The van der Waals surface area contributed by atoms with Gasteiger partial charge in [0, 0.05) is 48.0 Å². The number of para-hydroxylation sites is 2. The smallest absolute Gasteiger partial charge is 0.0554 e. The molecule has 0 N–H and O–H groups in total. The Morgan fingerprint density at radius 1 is 0.382 bits per heavy atom. The minimum absolute atomic E-state index is 1.11. The molecule has 0 aliphatic heterocycles. The first kappa shape index (κ1) is 31.6. The highest BCUT2D eigenvalue weighted by atomic mass is 32.1. The van der Waals surface area contributed by atoms with Crippen LogP contribution in [0, 0.1) is 0 Å². The van der Waals surface area contributed by atoms with Crippen LogP contribution in [0.3, 0.4) is 0 Å². The predicted octanol–water partition coefficient (Wildman–Crippen LogP) is 15.1. The molecule has 2 heterocycles. The molecule has 0 aliphatic rings. The zero-order chi connectivity index (χ0) is 36.3. The Balaban J connectivity index is 1.21. The van der Waals surface area contributed by atoms with Crippen LogP contribution in [0.4, 0.5) is 17.1 Å². The van der Waals surface area contributed by atoms with E-state index in [1.165, 1.54) is 75.0 Å². The number of anilines is 3. The van der Waals surface area contributed by atoms with E-state index in [9.17, 15) is 0 Å². The van der Waals surface area contributed by atoms with Gasteiger partial charge < -0.3 is 9.47 Å². The van der Waals surface area contributed by atoms with Crippen LogP contribution in [-0.2, 0) is 0 Å². The van der Waals surface area contributed by atoms with Gasteiger partial charge >= 0.3 is 0 Å². The third kappa shape index (κ3) is 5.24. The van der Waals surface area contributed by atoms with Crippen LogP contribution in [-0.4, -0.2) is 4.57 Å². The van der Waals surface area contributed by atoms with Gasteiger partial charge in [-0.1, -0.05) is 133 Å². The molecule has 0 bridgehead atoms. The van der Waals surface area contributed by atoms with Crippen LogP contribution in [0.15, 0.2) is 206 Å². The first-order chi connectivity index (χ1) is 27.3. The van der Waals surface area contributed by atoms with Crippen LogP contribution in [0.25, 0.3) is 80.7 Å². The summed E-state index contributed by atoms with van der Waals surface area (Å²) in [5.41, 5.74) is 11.7. The topological polar surface area (TPSA) is 8.17 Å². The summed E-state index contributed by atoms with van der Waals surface area (Å²) in [6.45, 7) is 0. The molecule has 0 saturated carbocycles. The molecule has 2 aromatic heterocycles. The minimum Gasteiger partial charge on any atom is -0.310 e. The highest BCUT2D eigenvalue weighted by Gasteiger charge is 2.22. The lowest BCUT2D eigenvalue weighted by atomic mass is 9.93. The summed E-state index contributed by atoms with van der Waals surface area (Å²) in [5.74, 6) is 0. The number of fused-ring (bicyclic) bond motifs is 7. The Morgan fingerprint density at radius 3 is 1.78 bits per heavy atom. The molecule has 0 spiro atoms. The van der Waals surface area contributed by atoms with E-state index < -0.39 is 0 Å². The monoisotopic (exact) mass is 718 g/mol.